The van der Waals surface area contributed by atoms with Crippen LogP contribution in [0.4, 0.5) is 11.4 Å². The largest absolute Gasteiger partial charge is 0.508 e. The molecule has 0 bridgehead atoms. The van der Waals surface area contributed by atoms with Gasteiger partial charge in [-0.3, -0.25) is 37.1 Å². The summed E-state index contributed by atoms with van der Waals surface area (Å²) < 4.78 is 5.17. The number of nitrogens with zero attached hydrogens (tertiary/aromatic N) is 7. The van der Waals surface area contributed by atoms with Crippen molar-refractivity contribution in [2.24, 2.45) is 0 Å². The number of rotatable bonds is 16. The summed E-state index contributed by atoms with van der Waals surface area (Å²) in [5.41, 5.74) is -0.814. The van der Waals surface area contributed by atoms with Crippen LogP contribution in [0.25, 0.3) is 54.4 Å². The Hall–Kier alpha value is -6.82. The first-order chi connectivity index (χ1) is 29.7. The number of hydrogen-bond donors (Lipinski definition) is 4. The van der Waals surface area contributed by atoms with Crippen LogP contribution in [0.2, 0.25) is 0 Å². The van der Waals surface area contributed by atoms with Gasteiger partial charge < -0.3 is 35.5 Å². The van der Waals surface area contributed by atoms with Gasteiger partial charge in [0, 0.05) is 50.6 Å². The fraction of sp³-hybridized carbons (Fsp3) is 0.333. The fourth-order valence-electron chi connectivity index (χ4n) is 8.41. The molecule has 0 saturated carbocycles. The summed E-state index contributed by atoms with van der Waals surface area (Å²) in [4.78, 5) is 89.1. The van der Waals surface area contributed by atoms with Gasteiger partial charge in [0.2, 0.25) is 0 Å². The van der Waals surface area contributed by atoms with Crippen molar-refractivity contribution in [1.82, 2.24) is 32.6 Å². The average Bonchev–Trinajstić information content (AvgIpc) is 3.23. The van der Waals surface area contributed by atoms with E-state index in [1.54, 1.807) is 24.3 Å². The first-order valence-electron chi connectivity index (χ1n) is 20.5. The molecule has 0 aliphatic heterocycles. The molecule has 8 rings (SSSR count). The van der Waals surface area contributed by atoms with Crippen LogP contribution in [0.1, 0.15) is 12.8 Å². The molecule has 4 heterocycles. The van der Waals surface area contributed by atoms with Crippen LogP contribution >= 0.6 is 0 Å². The number of phenolic OH excluding ortho intramolecular Hbond substituents is 2. The maximum absolute atomic E-state index is 14.0. The minimum atomic E-state index is -0.559. The lowest BCUT2D eigenvalue weighted by Gasteiger charge is -2.19. The van der Waals surface area contributed by atoms with Crippen LogP contribution in [0.15, 0.2) is 89.4 Å². The highest BCUT2D eigenvalue weighted by molar-refractivity contribution is 6.09. The van der Waals surface area contributed by atoms with E-state index in [9.17, 15) is 39.0 Å². The van der Waals surface area contributed by atoms with Crippen molar-refractivity contribution in [3.8, 4) is 11.5 Å². The molecule has 0 fully saturated rings. The first-order valence-corrected chi connectivity index (χ1v) is 20.5. The molecule has 0 unspecified atom stereocenters. The SMILES string of the molecule is CN(C)CCn1c(=O)c2ccc(NCCCN(C)CCCNc3ccc4c(=O)n(CCN(C)C)c(=O)n5c6ccc(O)cc6c(=O)c3c45)c3c(=O)c4cc(O)ccc4n(c1=O)c23. The van der Waals surface area contributed by atoms with Gasteiger partial charge in [0.15, 0.2) is 10.9 Å². The lowest BCUT2D eigenvalue weighted by atomic mass is 10.0. The maximum Gasteiger partial charge on any atom is 0.336 e. The number of aromatic hydroxyl groups is 2. The summed E-state index contributed by atoms with van der Waals surface area (Å²) in [5, 5.41) is 28.5. The first kappa shape index (κ1) is 41.9. The van der Waals surface area contributed by atoms with Crippen molar-refractivity contribution in [3.05, 3.63) is 123 Å². The molecule has 0 aliphatic carbocycles. The highest BCUT2D eigenvalue weighted by Gasteiger charge is 2.23. The Morgan fingerprint density at radius 2 is 0.919 bits per heavy atom. The van der Waals surface area contributed by atoms with Gasteiger partial charge in [-0.15, -0.1) is 0 Å². The Kier molecular flexibility index (Phi) is 11.2. The fourth-order valence-corrected chi connectivity index (χ4v) is 8.41. The van der Waals surface area contributed by atoms with Crippen LogP contribution in [-0.4, -0.2) is 117 Å². The summed E-state index contributed by atoms with van der Waals surface area (Å²) in [6.07, 6.45) is 1.37. The minimum absolute atomic E-state index is 0.116. The molecule has 0 aliphatic rings. The standard InChI is InChI=1S/C45H49N9O8/c1-48(2)20-22-51-42(59)28-10-12-32(36-38(28)53(44(51)61)34-14-8-26(55)24-30(34)40(36)57)46-16-6-18-50(5)19-7-17-47-33-13-11-29-39-37(33)41(58)31-25-27(56)9-15-35(31)54(39)45(62)52(43(29)60)23-21-49(3)4/h8-15,24-25,46-47,55-56H,6-7,16-23H2,1-5H3. The van der Waals surface area contributed by atoms with E-state index in [1.165, 1.54) is 54.3 Å². The second-order valence-corrected chi connectivity index (χ2v) is 16.4. The highest BCUT2D eigenvalue weighted by atomic mass is 16.3. The van der Waals surface area contributed by atoms with Gasteiger partial charge in [-0.2, -0.15) is 0 Å². The number of aromatic nitrogens is 4. The summed E-state index contributed by atoms with van der Waals surface area (Å²) >= 11 is 0. The van der Waals surface area contributed by atoms with E-state index in [0.29, 0.717) is 74.5 Å². The van der Waals surface area contributed by atoms with E-state index in [1.807, 2.05) is 45.0 Å². The van der Waals surface area contributed by atoms with Crippen molar-refractivity contribution in [1.29, 1.82) is 0 Å². The zero-order chi connectivity index (χ0) is 44.1. The number of fused-ring (bicyclic) bond motifs is 4. The van der Waals surface area contributed by atoms with Crippen molar-refractivity contribution < 1.29 is 10.2 Å². The third kappa shape index (κ3) is 7.26. The van der Waals surface area contributed by atoms with E-state index in [-0.39, 0.29) is 67.9 Å². The number of likely N-dealkylation sites (N-methyl/N-ethyl adjacent to an activating group) is 2. The number of phenols is 2. The third-order valence-electron chi connectivity index (χ3n) is 11.6. The molecular weight excluding hydrogens is 795 g/mol. The molecule has 0 spiro atoms. The van der Waals surface area contributed by atoms with Crippen molar-refractivity contribution >= 4 is 65.8 Å². The number of hydrogen-bond acceptors (Lipinski definition) is 13. The molecule has 17 nitrogen and oxygen atoms in total. The van der Waals surface area contributed by atoms with E-state index in [4.69, 9.17) is 0 Å². The quantitative estimate of drug-likeness (QED) is 0.0629. The lowest BCUT2D eigenvalue weighted by Crippen LogP contribution is -2.40. The Balaban J connectivity index is 0.982. The normalized spacial score (nSPS) is 12.3. The predicted molar refractivity (Wildman–Crippen MR) is 245 cm³/mol. The molecular formula is C45H49N9O8. The number of anilines is 2. The highest BCUT2D eigenvalue weighted by Crippen LogP contribution is 2.29. The second-order valence-electron chi connectivity index (χ2n) is 16.4. The topological polar surface area (TPSA) is 195 Å². The van der Waals surface area contributed by atoms with Crippen LogP contribution in [0.3, 0.4) is 0 Å². The van der Waals surface area contributed by atoms with Crippen LogP contribution in [0.5, 0.6) is 11.5 Å². The molecule has 322 valence electrons. The van der Waals surface area contributed by atoms with Crippen LogP contribution in [-0.2, 0) is 13.1 Å². The summed E-state index contributed by atoms with van der Waals surface area (Å²) in [6, 6.07) is 15.2. The molecule has 4 aromatic heterocycles. The Morgan fingerprint density at radius 1 is 0.516 bits per heavy atom. The van der Waals surface area contributed by atoms with Crippen LogP contribution in [0, 0.1) is 0 Å². The molecule has 0 amide bonds. The van der Waals surface area contributed by atoms with Gasteiger partial charge in [0.1, 0.15) is 11.5 Å². The lowest BCUT2D eigenvalue weighted by molar-refractivity contribution is 0.331. The number of benzene rings is 4. The Labute approximate surface area is 353 Å². The van der Waals surface area contributed by atoms with E-state index in [0.717, 1.165) is 0 Å². The number of nitrogens with one attached hydrogen (secondary N) is 2. The van der Waals surface area contributed by atoms with E-state index in [2.05, 4.69) is 15.5 Å². The second kappa shape index (κ2) is 16.6. The summed E-state index contributed by atoms with van der Waals surface area (Å²) in [5.74, 6) is -0.232. The zero-order valence-corrected chi connectivity index (χ0v) is 35.3. The van der Waals surface area contributed by atoms with Crippen molar-refractivity contribution in [3.63, 3.8) is 0 Å². The predicted octanol–water partition coefficient (Wildman–Crippen LogP) is 2.22. The van der Waals surface area contributed by atoms with Crippen molar-refractivity contribution in [2.45, 2.75) is 25.9 Å². The zero-order valence-electron chi connectivity index (χ0n) is 35.3. The minimum Gasteiger partial charge on any atom is -0.508 e. The van der Waals surface area contributed by atoms with Gasteiger partial charge >= 0.3 is 11.4 Å². The van der Waals surface area contributed by atoms with E-state index < -0.39 is 33.4 Å². The van der Waals surface area contributed by atoms with Gasteiger partial charge in [-0.05, 0) is 122 Å². The van der Waals surface area contributed by atoms with E-state index >= 15 is 0 Å². The smallest absolute Gasteiger partial charge is 0.336 e. The Morgan fingerprint density at radius 3 is 1.31 bits per heavy atom. The van der Waals surface area contributed by atoms with Crippen molar-refractivity contribution in [2.75, 3.05) is 85.1 Å². The summed E-state index contributed by atoms with van der Waals surface area (Å²) in [6.45, 7) is 3.57. The molecule has 4 aromatic carbocycles. The molecule has 62 heavy (non-hydrogen) atoms. The van der Waals surface area contributed by atoms with Crippen LogP contribution < -0.4 is 44.0 Å². The van der Waals surface area contributed by atoms with Gasteiger partial charge in [-0.25, -0.2) is 9.59 Å². The summed E-state index contributed by atoms with van der Waals surface area (Å²) in [7, 11) is 9.39. The molecule has 17 heteroatoms. The Bertz CT molecular complexity index is 3180. The molecule has 0 atom stereocenters. The molecule has 0 saturated heterocycles. The number of pyridine rings is 2. The molecule has 8 aromatic rings. The van der Waals surface area contributed by atoms with Gasteiger partial charge in [0.25, 0.3) is 11.1 Å². The third-order valence-corrected chi connectivity index (χ3v) is 11.6. The molecule has 0 radical (unpaired) electrons. The maximum atomic E-state index is 14.0. The monoisotopic (exact) mass is 843 g/mol. The van der Waals surface area contributed by atoms with Gasteiger partial charge in [-0.1, -0.05) is 0 Å². The molecule has 4 N–H and O–H groups in total. The average molecular weight is 844 g/mol. The van der Waals surface area contributed by atoms with Gasteiger partial charge in [0.05, 0.1) is 54.4 Å².